The normalized spacial score (nSPS) is 14.2. The van der Waals surface area contributed by atoms with Crippen LogP contribution in [0.15, 0.2) is 30.7 Å². The molecule has 1 aromatic carbocycles. The van der Waals surface area contributed by atoms with E-state index in [1.165, 1.54) is 12.5 Å². The van der Waals surface area contributed by atoms with Crippen LogP contribution in [0, 0.1) is 0 Å². The third kappa shape index (κ3) is 1.59. The van der Waals surface area contributed by atoms with Crippen LogP contribution < -0.4 is 15.2 Å². The Hall–Kier alpha value is -1.48. The van der Waals surface area contributed by atoms with Gasteiger partial charge in [0.05, 0.1) is 0 Å². The van der Waals surface area contributed by atoms with E-state index in [1.54, 1.807) is 0 Å². The van der Waals surface area contributed by atoms with Crippen molar-refractivity contribution in [3.63, 3.8) is 0 Å². The number of hydrogen-bond acceptors (Lipinski definition) is 3. The zero-order chi connectivity index (χ0) is 10.2. The quantitative estimate of drug-likeness (QED) is 0.739. The largest absolute Gasteiger partial charge is 0.458 e. The number of nitrogens with two attached hydrogens (primary N) is 1. The molecule has 0 spiro atoms. The number of fused-ring (bicyclic) bond motifs is 1. The van der Waals surface area contributed by atoms with Gasteiger partial charge in [-0.15, -0.1) is 0 Å². The van der Waals surface area contributed by atoms with Crippen molar-refractivity contribution in [3.8, 4) is 11.5 Å². The van der Waals surface area contributed by atoms with Gasteiger partial charge in [-0.25, -0.2) is 0 Å². The minimum atomic E-state index is -0.362. The molecule has 0 amide bonds. The molecule has 1 aliphatic heterocycles. The summed E-state index contributed by atoms with van der Waals surface area (Å²) in [5, 5.41) is 0. The Balaban J connectivity index is 2.41. The lowest BCUT2D eigenvalue weighted by Gasteiger charge is -2.21. The van der Waals surface area contributed by atoms with Crippen LogP contribution in [0.4, 0.5) is 0 Å². The van der Waals surface area contributed by atoms with Crippen molar-refractivity contribution in [2.45, 2.75) is 19.4 Å². The SMILES string of the molecule is CC(C)(N)c1ccc2c(c1)OC=CO2. The van der Waals surface area contributed by atoms with E-state index in [1.807, 2.05) is 32.0 Å². The molecule has 14 heavy (non-hydrogen) atoms. The molecule has 74 valence electrons. The van der Waals surface area contributed by atoms with Gasteiger partial charge in [-0.05, 0) is 31.5 Å². The highest BCUT2D eigenvalue weighted by Gasteiger charge is 2.17. The fourth-order valence-corrected chi connectivity index (χ4v) is 1.30. The zero-order valence-corrected chi connectivity index (χ0v) is 8.28. The second kappa shape index (κ2) is 3.03. The van der Waals surface area contributed by atoms with E-state index in [4.69, 9.17) is 15.2 Å². The smallest absolute Gasteiger partial charge is 0.169 e. The van der Waals surface area contributed by atoms with Crippen LogP contribution in [0.1, 0.15) is 19.4 Å². The first-order valence-electron chi connectivity index (χ1n) is 4.49. The first-order chi connectivity index (χ1) is 6.57. The molecule has 0 saturated heterocycles. The van der Waals surface area contributed by atoms with Crippen LogP contribution in [0.2, 0.25) is 0 Å². The summed E-state index contributed by atoms with van der Waals surface area (Å²) in [7, 11) is 0. The maximum atomic E-state index is 5.98. The molecule has 2 rings (SSSR count). The van der Waals surface area contributed by atoms with E-state index in [2.05, 4.69) is 0 Å². The highest BCUT2D eigenvalue weighted by molar-refractivity contribution is 5.46. The Morgan fingerprint density at radius 3 is 2.36 bits per heavy atom. The summed E-state index contributed by atoms with van der Waals surface area (Å²) in [5.41, 5.74) is 6.64. The van der Waals surface area contributed by atoms with Gasteiger partial charge in [-0.1, -0.05) is 6.07 Å². The molecule has 0 aromatic heterocycles. The Kier molecular flexibility index (Phi) is 1.97. The van der Waals surface area contributed by atoms with Gasteiger partial charge >= 0.3 is 0 Å². The predicted molar refractivity (Wildman–Crippen MR) is 54.1 cm³/mol. The third-order valence-electron chi connectivity index (χ3n) is 2.13. The number of hydrogen-bond donors (Lipinski definition) is 1. The van der Waals surface area contributed by atoms with Crippen LogP contribution in [-0.4, -0.2) is 0 Å². The van der Waals surface area contributed by atoms with Gasteiger partial charge in [0.15, 0.2) is 11.5 Å². The molecule has 3 heteroatoms. The molecule has 1 aliphatic rings. The summed E-state index contributed by atoms with van der Waals surface area (Å²) >= 11 is 0. The van der Waals surface area contributed by atoms with Gasteiger partial charge in [-0.2, -0.15) is 0 Å². The summed E-state index contributed by atoms with van der Waals surface area (Å²) in [6.07, 6.45) is 3.02. The first-order valence-corrected chi connectivity index (χ1v) is 4.49. The summed E-state index contributed by atoms with van der Waals surface area (Å²) in [6, 6.07) is 5.71. The molecule has 1 aromatic rings. The lowest BCUT2D eigenvalue weighted by atomic mass is 9.95. The summed E-state index contributed by atoms with van der Waals surface area (Å²) in [4.78, 5) is 0. The van der Waals surface area contributed by atoms with Crippen LogP contribution in [0.25, 0.3) is 0 Å². The molecule has 0 unspecified atom stereocenters. The standard InChI is InChI=1S/C11H13NO2/c1-11(2,12)8-3-4-9-10(7-8)14-6-5-13-9/h3-7H,12H2,1-2H3. The fraction of sp³-hybridized carbons (Fsp3) is 0.273. The maximum Gasteiger partial charge on any atom is 0.169 e. The van der Waals surface area contributed by atoms with Crippen LogP contribution in [0.5, 0.6) is 11.5 Å². The molecule has 0 radical (unpaired) electrons. The van der Waals surface area contributed by atoms with E-state index < -0.39 is 0 Å². The Morgan fingerprint density at radius 2 is 1.71 bits per heavy atom. The van der Waals surface area contributed by atoms with Crippen molar-refractivity contribution in [1.82, 2.24) is 0 Å². The van der Waals surface area contributed by atoms with Gasteiger partial charge < -0.3 is 15.2 Å². The molecule has 0 aliphatic carbocycles. The van der Waals surface area contributed by atoms with Gasteiger partial charge in [0.2, 0.25) is 0 Å². The Morgan fingerprint density at radius 1 is 1.07 bits per heavy atom. The van der Waals surface area contributed by atoms with Crippen molar-refractivity contribution in [2.75, 3.05) is 0 Å². The van der Waals surface area contributed by atoms with E-state index in [0.29, 0.717) is 5.75 Å². The molecule has 0 bridgehead atoms. The maximum absolute atomic E-state index is 5.98. The molecule has 2 N–H and O–H groups in total. The van der Waals surface area contributed by atoms with E-state index in [0.717, 1.165) is 11.3 Å². The average Bonchev–Trinajstić information content (AvgIpc) is 2.16. The topological polar surface area (TPSA) is 44.5 Å². The van der Waals surface area contributed by atoms with E-state index >= 15 is 0 Å². The molecule has 0 fully saturated rings. The molecule has 0 saturated carbocycles. The first kappa shape index (κ1) is 9.09. The second-order valence-electron chi connectivity index (χ2n) is 3.89. The predicted octanol–water partition coefficient (Wildman–Crippen LogP) is 2.12. The highest BCUT2D eigenvalue weighted by Crippen LogP contribution is 2.33. The lowest BCUT2D eigenvalue weighted by molar-refractivity contribution is 0.360. The van der Waals surface area contributed by atoms with Gasteiger partial charge in [0, 0.05) is 5.54 Å². The Labute approximate surface area is 83.1 Å². The second-order valence-corrected chi connectivity index (χ2v) is 3.89. The van der Waals surface area contributed by atoms with E-state index in [-0.39, 0.29) is 5.54 Å². The van der Waals surface area contributed by atoms with Crippen molar-refractivity contribution in [1.29, 1.82) is 0 Å². The van der Waals surface area contributed by atoms with Crippen molar-refractivity contribution >= 4 is 0 Å². The molecule has 0 atom stereocenters. The van der Waals surface area contributed by atoms with Crippen molar-refractivity contribution in [3.05, 3.63) is 36.3 Å². The lowest BCUT2D eigenvalue weighted by Crippen LogP contribution is -2.28. The van der Waals surface area contributed by atoms with Crippen LogP contribution in [0.3, 0.4) is 0 Å². The summed E-state index contributed by atoms with van der Waals surface area (Å²) in [6.45, 7) is 3.91. The third-order valence-corrected chi connectivity index (χ3v) is 2.13. The van der Waals surface area contributed by atoms with E-state index in [9.17, 15) is 0 Å². The molecule has 3 nitrogen and oxygen atoms in total. The number of benzene rings is 1. The van der Waals surface area contributed by atoms with Crippen molar-refractivity contribution < 1.29 is 9.47 Å². The zero-order valence-electron chi connectivity index (χ0n) is 8.28. The minimum absolute atomic E-state index is 0.362. The summed E-state index contributed by atoms with van der Waals surface area (Å²) < 4.78 is 10.5. The summed E-state index contributed by atoms with van der Waals surface area (Å²) in [5.74, 6) is 1.43. The Bertz CT molecular complexity index is 377. The molecule has 1 heterocycles. The monoisotopic (exact) mass is 191 g/mol. The minimum Gasteiger partial charge on any atom is -0.458 e. The van der Waals surface area contributed by atoms with Crippen LogP contribution in [-0.2, 0) is 5.54 Å². The number of rotatable bonds is 1. The highest BCUT2D eigenvalue weighted by atomic mass is 16.5. The van der Waals surface area contributed by atoms with Gasteiger partial charge in [-0.3, -0.25) is 0 Å². The average molecular weight is 191 g/mol. The number of ether oxygens (including phenoxy) is 2. The molecular formula is C11H13NO2. The fourth-order valence-electron chi connectivity index (χ4n) is 1.30. The molecular weight excluding hydrogens is 178 g/mol. The van der Waals surface area contributed by atoms with Crippen molar-refractivity contribution in [2.24, 2.45) is 5.73 Å². The van der Waals surface area contributed by atoms with Gasteiger partial charge in [0.1, 0.15) is 12.5 Å². The van der Waals surface area contributed by atoms with Crippen LogP contribution >= 0.6 is 0 Å². The van der Waals surface area contributed by atoms with Gasteiger partial charge in [0.25, 0.3) is 0 Å².